The summed E-state index contributed by atoms with van der Waals surface area (Å²) in [6.07, 6.45) is -60.3. The molecule has 500 valence electrons. The number of nitrogens with one attached hydrogen (secondary N) is 3. The SMILES string of the molecule is CC(=O)N[C@H]1[C@H](OC[C@@H](O)[C@H](O)[C@H](O[C@@H]2O[C@H](CO)[C@H](O[C@H]3O[C@H](CO)[C@@H](O)[C@H](O)[C@H]3NC(C)=O)[C@H](O)[C@H]2O)[C@H](CO)NC(C)=O)O[C@H](CO)[C@@H](O[C@@H]2O[C@H](CO)[C@H](O)[C@H](O[C@H]3O[C@H](CO)[C@H](O)[C@H](O)[C@H]3O)[C@H]2O[C@@H]2O[C@@H](C)[C@@H](O)[C@@H](O)[C@@H]2O)[C@@H]1O. The van der Waals surface area contributed by atoms with Gasteiger partial charge in [-0.15, -0.1) is 0 Å². The van der Waals surface area contributed by atoms with Gasteiger partial charge < -0.3 is 175 Å². The minimum Gasteiger partial charge on any atom is -0.394 e. The summed E-state index contributed by atoms with van der Waals surface area (Å²) in [6, 6.07) is -5.10. The molecule has 6 fully saturated rings. The zero-order valence-electron chi connectivity index (χ0n) is 46.6. The maximum Gasteiger partial charge on any atom is 0.217 e. The molecule has 0 aliphatic carbocycles. The Balaban J connectivity index is 1.23. The molecule has 6 rings (SSSR count). The molecule has 0 saturated carbocycles. The van der Waals surface area contributed by atoms with Gasteiger partial charge in [0.1, 0.15) is 159 Å². The van der Waals surface area contributed by atoms with Crippen LogP contribution in [0.2, 0.25) is 0 Å². The van der Waals surface area contributed by atoms with E-state index in [9.17, 15) is 117 Å². The molecule has 0 radical (unpaired) electrons. The van der Waals surface area contributed by atoms with Gasteiger partial charge in [-0.05, 0) is 6.92 Å². The van der Waals surface area contributed by atoms with E-state index in [0.29, 0.717) is 0 Å². The smallest absolute Gasteiger partial charge is 0.217 e. The summed E-state index contributed by atoms with van der Waals surface area (Å²) in [4.78, 5) is 37.1. The normalized spacial score (nSPS) is 45.5. The molecule has 34 atom stereocenters. The third-order valence-corrected chi connectivity index (χ3v) is 15.3. The third-order valence-electron chi connectivity index (χ3n) is 15.3. The van der Waals surface area contributed by atoms with Gasteiger partial charge in [0, 0.05) is 20.8 Å². The number of amides is 3. The Morgan fingerprint density at radius 1 is 0.419 bits per heavy atom. The standard InChI is InChI=1S/C48H83N3O35/c1-12-25(62)32(69)35(72)45(76-12)86-42-41(85-46-36(73)33(70)28(65)19(7-54)78-46)29(66)20(8-55)79-48(42)84-39-21(9-56)80-43(24(31(39)68)51-15(4)60)75-11-17(61)26(63)38(16(5-52)49-13(2)58)82-47-37(74)34(71)40(22(10-57)81-47)83-44-23(50-14(3)59)30(67)27(64)18(6-53)77-44/h12,16-48,52-57,61-74H,5-11H2,1-4H3,(H,49,58)(H,50,59)(H,51,60)/t12-,16-,17+,18+,19+,20+,21+,22+,23+,24+,25+,26-,27+,28-,29-,30+,31+,32+,33-,34+,35-,36+,37+,38+,39+,40-,41-,42+,43+,44+,45-,46+,47-,48-/m0/s1. The fourth-order valence-electron chi connectivity index (χ4n) is 10.6. The Morgan fingerprint density at radius 2 is 0.837 bits per heavy atom. The van der Waals surface area contributed by atoms with Crippen molar-refractivity contribution in [1.82, 2.24) is 16.0 Å². The number of carbonyl (C=O) groups excluding carboxylic acids is 3. The van der Waals surface area contributed by atoms with Gasteiger partial charge >= 0.3 is 0 Å². The number of aliphatic hydroxyl groups excluding tert-OH is 20. The molecule has 0 aromatic heterocycles. The van der Waals surface area contributed by atoms with Crippen LogP contribution in [0.25, 0.3) is 0 Å². The zero-order chi connectivity index (χ0) is 63.9. The molecule has 0 spiro atoms. The van der Waals surface area contributed by atoms with Crippen molar-refractivity contribution in [2.24, 2.45) is 0 Å². The van der Waals surface area contributed by atoms with Crippen molar-refractivity contribution in [2.45, 2.75) is 236 Å². The van der Waals surface area contributed by atoms with Gasteiger partial charge in [-0.1, -0.05) is 0 Å². The van der Waals surface area contributed by atoms with Crippen molar-refractivity contribution in [3.05, 3.63) is 0 Å². The van der Waals surface area contributed by atoms with Crippen LogP contribution >= 0.6 is 0 Å². The van der Waals surface area contributed by atoms with E-state index in [0.717, 1.165) is 20.8 Å². The summed E-state index contributed by atoms with van der Waals surface area (Å²) < 4.78 is 69.6. The van der Waals surface area contributed by atoms with Crippen LogP contribution in [0.4, 0.5) is 0 Å². The van der Waals surface area contributed by atoms with Crippen molar-refractivity contribution in [3.63, 3.8) is 0 Å². The molecule has 6 aliphatic rings. The Kier molecular flexibility index (Phi) is 26.8. The molecule has 3 amide bonds. The summed E-state index contributed by atoms with van der Waals surface area (Å²) in [5.41, 5.74) is 0. The average molecular weight is 1260 g/mol. The molecule has 6 saturated heterocycles. The zero-order valence-corrected chi connectivity index (χ0v) is 46.6. The van der Waals surface area contributed by atoms with Gasteiger partial charge in [-0.3, -0.25) is 14.4 Å². The average Bonchev–Trinajstić information content (AvgIpc) is 1.10. The lowest BCUT2D eigenvalue weighted by Crippen LogP contribution is -2.69. The van der Waals surface area contributed by atoms with E-state index >= 15 is 0 Å². The Bertz CT molecular complexity index is 2110. The first-order valence-corrected chi connectivity index (χ1v) is 27.4. The molecule has 38 nitrogen and oxygen atoms in total. The summed E-state index contributed by atoms with van der Waals surface area (Å²) in [5.74, 6) is -2.49. The van der Waals surface area contributed by atoms with E-state index in [1.165, 1.54) is 6.92 Å². The molecule has 0 aromatic carbocycles. The number of rotatable bonds is 25. The van der Waals surface area contributed by atoms with Gasteiger partial charge in [0.2, 0.25) is 17.7 Å². The second-order valence-electron chi connectivity index (χ2n) is 21.6. The highest BCUT2D eigenvalue weighted by Gasteiger charge is 2.58. The Hall–Kier alpha value is -2.87. The maximum atomic E-state index is 12.7. The minimum absolute atomic E-state index is 0.751. The van der Waals surface area contributed by atoms with Crippen molar-refractivity contribution in [3.8, 4) is 0 Å². The van der Waals surface area contributed by atoms with E-state index < -0.39 is 272 Å². The summed E-state index contributed by atoms with van der Waals surface area (Å²) in [5, 5.41) is 223. The molecular formula is C48H83N3O35. The topological polar surface area (TPSA) is 603 Å². The lowest BCUT2D eigenvalue weighted by atomic mass is 9.94. The highest BCUT2D eigenvalue weighted by Crippen LogP contribution is 2.37. The highest BCUT2D eigenvalue weighted by molar-refractivity contribution is 5.74. The molecule has 0 aromatic rings. The van der Waals surface area contributed by atoms with E-state index in [1.54, 1.807) is 0 Å². The van der Waals surface area contributed by atoms with E-state index in [2.05, 4.69) is 16.0 Å². The lowest BCUT2D eigenvalue weighted by Gasteiger charge is -2.51. The first-order valence-electron chi connectivity index (χ1n) is 27.4. The predicted octanol–water partition coefficient (Wildman–Crippen LogP) is -15.2. The van der Waals surface area contributed by atoms with Crippen LogP contribution in [-0.4, -0.2) is 375 Å². The maximum absolute atomic E-state index is 12.7. The Labute approximate surface area is 488 Å². The summed E-state index contributed by atoms with van der Waals surface area (Å²) in [7, 11) is 0. The van der Waals surface area contributed by atoms with E-state index in [-0.39, 0.29) is 0 Å². The molecule has 6 heterocycles. The number of carbonyl (C=O) groups is 3. The summed E-state index contributed by atoms with van der Waals surface area (Å²) >= 11 is 0. The number of hydrogen-bond donors (Lipinski definition) is 23. The number of hydrogen-bond acceptors (Lipinski definition) is 35. The van der Waals surface area contributed by atoms with Gasteiger partial charge in [-0.25, -0.2) is 0 Å². The van der Waals surface area contributed by atoms with Crippen molar-refractivity contribution >= 4 is 17.7 Å². The summed E-state index contributed by atoms with van der Waals surface area (Å²) in [6.45, 7) is -2.94. The van der Waals surface area contributed by atoms with Crippen molar-refractivity contribution < 1.29 is 173 Å². The minimum atomic E-state index is -2.35. The molecule has 0 bridgehead atoms. The second-order valence-corrected chi connectivity index (χ2v) is 21.6. The quantitative estimate of drug-likeness (QED) is 0.0404. The van der Waals surface area contributed by atoms with Crippen molar-refractivity contribution in [2.75, 3.05) is 46.2 Å². The molecule has 23 N–H and O–H groups in total. The fraction of sp³-hybridized carbons (Fsp3) is 0.938. The first kappa shape index (κ1) is 72.2. The lowest BCUT2D eigenvalue weighted by molar-refractivity contribution is -0.402. The van der Waals surface area contributed by atoms with Crippen LogP contribution in [0.1, 0.15) is 27.7 Å². The molecule has 0 unspecified atom stereocenters. The van der Waals surface area contributed by atoms with Gasteiger partial charge in [0.15, 0.2) is 37.7 Å². The van der Waals surface area contributed by atoms with Crippen LogP contribution in [0, 0.1) is 0 Å². The van der Waals surface area contributed by atoms with Gasteiger partial charge in [-0.2, -0.15) is 0 Å². The van der Waals surface area contributed by atoms with Gasteiger partial charge in [0.25, 0.3) is 0 Å². The van der Waals surface area contributed by atoms with E-state index in [1.807, 2.05) is 0 Å². The van der Waals surface area contributed by atoms with Gasteiger partial charge in [0.05, 0.1) is 58.4 Å². The largest absolute Gasteiger partial charge is 0.394 e. The van der Waals surface area contributed by atoms with Crippen LogP contribution in [0.3, 0.4) is 0 Å². The van der Waals surface area contributed by atoms with Crippen LogP contribution in [0.15, 0.2) is 0 Å². The molecule has 38 heteroatoms. The second kappa shape index (κ2) is 31.9. The van der Waals surface area contributed by atoms with E-state index in [4.69, 9.17) is 56.8 Å². The Morgan fingerprint density at radius 3 is 1.37 bits per heavy atom. The van der Waals surface area contributed by atoms with Crippen LogP contribution in [-0.2, 0) is 71.2 Å². The molecule has 6 aliphatic heterocycles. The fourth-order valence-corrected chi connectivity index (χ4v) is 10.6. The number of aliphatic hydroxyl groups is 20. The molecule has 86 heavy (non-hydrogen) atoms. The first-order chi connectivity index (χ1) is 40.6. The number of ether oxygens (including phenoxy) is 12. The van der Waals surface area contributed by atoms with Crippen LogP contribution < -0.4 is 16.0 Å². The predicted molar refractivity (Wildman–Crippen MR) is 267 cm³/mol. The third kappa shape index (κ3) is 16.4. The molecular weight excluding hydrogens is 1180 g/mol. The van der Waals surface area contributed by atoms with Crippen LogP contribution in [0.5, 0.6) is 0 Å². The monoisotopic (exact) mass is 1260 g/mol. The highest BCUT2D eigenvalue weighted by atomic mass is 16.8. The van der Waals surface area contributed by atoms with Crippen molar-refractivity contribution in [1.29, 1.82) is 0 Å².